The molecule has 0 bridgehead atoms. The molecule has 17 heavy (non-hydrogen) atoms. The van der Waals surface area contributed by atoms with Gasteiger partial charge in [-0.15, -0.1) is 0 Å². The summed E-state index contributed by atoms with van der Waals surface area (Å²) in [4.78, 5) is 10.8. The number of phenolic OH excluding ortho intramolecular Hbond substituents is 1. The van der Waals surface area contributed by atoms with E-state index in [1.807, 2.05) is 6.07 Å². The van der Waals surface area contributed by atoms with Crippen LogP contribution >= 0.6 is 0 Å². The van der Waals surface area contributed by atoms with Crippen LogP contribution in [0.15, 0.2) is 36.7 Å². The average Bonchev–Trinajstić information content (AvgIpc) is 2.75. The zero-order valence-corrected chi connectivity index (χ0v) is 9.33. The molecule has 1 heterocycles. The number of aromatic nitrogens is 2. The fraction of sp³-hybridized carbons (Fsp3) is 0.167. The van der Waals surface area contributed by atoms with Gasteiger partial charge >= 0.3 is 0 Å². The smallest absolute Gasteiger partial charge is 0.167 e. The van der Waals surface area contributed by atoms with Crippen molar-refractivity contribution in [3.8, 4) is 17.2 Å². The van der Waals surface area contributed by atoms with Gasteiger partial charge in [0.25, 0.3) is 0 Å². The summed E-state index contributed by atoms with van der Waals surface area (Å²) in [6, 6.07) is 6.70. The Labute approximate surface area is 98.3 Å². The van der Waals surface area contributed by atoms with Crippen molar-refractivity contribution in [2.75, 3.05) is 6.61 Å². The van der Waals surface area contributed by atoms with Gasteiger partial charge in [0.15, 0.2) is 11.5 Å². The van der Waals surface area contributed by atoms with Crippen molar-refractivity contribution in [1.82, 2.24) is 9.78 Å². The van der Waals surface area contributed by atoms with Crippen molar-refractivity contribution in [2.24, 2.45) is 0 Å². The fourth-order valence-electron chi connectivity index (χ4n) is 1.34. The van der Waals surface area contributed by atoms with Gasteiger partial charge in [-0.25, -0.2) is 4.68 Å². The minimum atomic E-state index is -0.0462. The van der Waals surface area contributed by atoms with E-state index >= 15 is 0 Å². The number of hydrogen-bond donors (Lipinski definition) is 1. The number of hydrogen-bond acceptors (Lipinski definition) is 4. The predicted octanol–water partition coefficient (Wildman–Crippen LogP) is 1.55. The molecule has 5 nitrogen and oxygen atoms in total. The number of ketones is 1. The van der Waals surface area contributed by atoms with E-state index in [1.165, 1.54) is 13.1 Å². The third kappa shape index (κ3) is 2.84. The summed E-state index contributed by atoms with van der Waals surface area (Å²) < 4.78 is 6.77. The maximum atomic E-state index is 10.8. The van der Waals surface area contributed by atoms with E-state index in [0.717, 1.165) is 5.69 Å². The number of nitrogens with zero attached hydrogens (tertiary/aromatic N) is 2. The van der Waals surface area contributed by atoms with Crippen LogP contribution in [0.2, 0.25) is 0 Å². The number of rotatable bonds is 4. The average molecular weight is 232 g/mol. The van der Waals surface area contributed by atoms with Crippen LogP contribution in [-0.2, 0) is 4.79 Å². The second-order valence-electron chi connectivity index (χ2n) is 3.63. The highest BCUT2D eigenvalue weighted by molar-refractivity contribution is 5.77. The van der Waals surface area contributed by atoms with Crippen LogP contribution in [0, 0.1) is 0 Å². The Morgan fingerprint density at radius 1 is 1.53 bits per heavy atom. The molecule has 0 aliphatic rings. The minimum Gasteiger partial charge on any atom is -0.508 e. The van der Waals surface area contributed by atoms with E-state index in [9.17, 15) is 9.90 Å². The highest BCUT2D eigenvalue weighted by Crippen LogP contribution is 2.17. The molecule has 1 aromatic carbocycles. The molecule has 0 radical (unpaired) electrons. The molecular formula is C12H12N2O3. The molecule has 0 amide bonds. The zero-order valence-electron chi connectivity index (χ0n) is 9.33. The monoisotopic (exact) mass is 232 g/mol. The van der Waals surface area contributed by atoms with Crippen LogP contribution in [-0.4, -0.2) is 27.3 Å². The van der Waals surface area contributed by atoms with Crippen LogP contribution in [0.3, 0.4) is 0 Å². The third-order valence-corrected chi connectivity index (χ3v) is 2.10. The van der Waals surface area contributed by atoms with E-state index in [4.69, 9.17) is 4.74 Å². The number of phenols is 1. The lowest BCUT2D eigenvalue weighted by atomic mass is 10.3. The van der Waals surface area contributed by atoms with Gasteiger partial charge in [-0.05, 0) is 19.1 Å². The molecule has 2 rings (SSSR count). The molecule has 2 aromatic rings. The molecule has 0 atom stereocenters. The van der Waals surface area contributed by atoms with Gasteiger partial charge in [0, 0.05) is 6.07 Å². The summed E-state index contributed by atoms with van der Waals surface area (Å²) in [5.74, 6) is 0.642. The van der Waals surface area contributed by atoms with Gasteiger partial charge in [-0.3, -0.25) is 4.79 Å². The van der Waals surface area contributed by atoms with Gasteiger partial charge in [-0.1, -0.05) is 6.07 Å². The number of benzene rings is 1. The van der Waals surface area contributed by atoms with Crippen molar-refractivity contribution < 1.29 is 14.6 Å². The van der Waals surface area contributed by atoms with Gasteiger partial charge in [0.2, 0.25) is 0 Å². The Bertz CT molecular complexity index is 534. The topological polar surface area (TPSA) is 64.3 Å². The number of carbonyl (C=O) groups is 1. The molecule has 5 heteroatoms. The Hall–Kier alpha value is -2.30. The molecule has 0 saturated carbocycles. The molecule has 88 valence electrons. The van der Waals surface area contributed by atoms with Crippen LogP contribution in [0.25, 0.3) is 5.69 Å². The molecule has 1 aromatic heterocycles. The lowest BCUT2D eigenvalue weighted by Gasteiger charge is -2.01. The van der Waals surface area contributed by atoms with E-state index in [0.29, 0.717) is 5.75 Å². The number of carbonyl (C=O) groups excluding carboxylic acids is 1. The third-order valence-electron chi connectivity index (χ3n) is 2.10. The van der Waals surface area contributed by atoms with Crippen molar-refractivity contribution in [1.29, 1.82) is 0 Å². The van der Waals surface area contributed by atoms with Crippen molar-refractivity contribution >= 4 is 5.78 Å². The van der Waals surface area contributed by atoms with Crippen LogP contribution < -0.4 is 4.74 Å². The predicted molar refractivity (Wildman–Crippen MR) is 61.4 cm³/mol. The Morgan fingerprint density at radius 2 is 2.35 bits per heavy atom. The maximum absolute atomic E-state index is 10.8. The summed E-state index contributed by atoms with van der Waals surface area (Å²) in [7, 11) is 0. The molecule has 0 spiro atoms. The SMILES string of the molecule is CC(=O)COc1cnn(-c2cccc(O)c2)c1. The van der Waals surface area contributed by atoms with E-state index in [-0.39, 0.29) is 18.1 Å². The highest BCUT2D eigenvalue weighted by Gasteiger charge is 2.03. The van der Waals surface area contributed by atoms with Gasteiger partial charge in [0.05, 0.1) is 18.1 Å². The Kier molecular flexibility index (Phi) is 3.09. The molecule has 0 aliphatic heterocycles. The van der Waals surface area contributed by atoms with Gasteiger partial charge in [-0.2, -0.15) is 5.10 Å². The number of aromatic hydroxyl groups is 1. The van der Waals surface area contributed by atoms with E-state index in [1.54, 1.807) is 29.1 Å². The van der Waals surface area contributed by atoms with Crippen LogP contribution in [0.5, 0.6) is 11.5 Å². The Balaban J connectivity index is 2.15. The largest absolute Gasteiger partial charge is 0.508 e. The van der Waals surface area contributed by atoms with E-state index < -0.39 is 0 Å². The van der Waals surface area contributed by atoms with Crippen molar-refractivity contribution in [3.05, 3.63) is 36.7 Å². The van der Waals surface area contributed by atoms with Crippen molar-refractivity contribution in [2.45, 2.75) is 6.92 Å². The molecular weight excluding hydrogens is 220 g/mol. The summed E-state index contributed by atoms with van der Waals surface area (Å²) in [6.45, 7) is 1.49. The van der Waals surface area contributed by atoms with Crippen LogP contribution in [0.4, 0.5) is 0 Å². The van der Waals surface area contributed by atoms with Crippen LogP contribution in [0.1, 0.15) is 6.92 Å². The number of ether oxygens (including phenoxy) is 1. The summed E-state index contributed by atoms with van der Waals surface area (Å²) >= 11 is 0. The molecule has 1 N–H and O–H groups in total. The second-order valence-corrected chi connectivity index (χ2v) is 3.63. The first-order chi connectivity index (χ1) is 8.15. The number of Topliss-reactive ketones (excluding diaryl/α,β-unsaturated/α-hetero) is 1. The second kappa shape index (κ2) is 4.69. The van der Waals surface area contributed by atoms with E-state index in [2.05, 4.69) is 5.10 Å². The van der Waals surface area contributed by atoms with Gasteiger partial charge in [0.1, 0.15) is 12.4 Å². The molecule has 0 aliphatic carbocycles. The lowest BCUT2D eigenvalue weighted by Crippen LogP contribution is -2.05. The zero-order chi connectivity index (χ0) is 12.3. The summed E-state index contributed by atoms with van der Waals surface area (Å²) in [5.41, 5.74) is 0.725. The minimum absolute atomic E-state index is 0.0335. The lowest BCUT2D eigenvalue weighted by molar-refractivity contribution is -0.118. The molecule has 0 saturated heterocycles. The van der Waals surface area contributed by atoms with Crippen molar-refractivity contribution in [3.63, 3.8) is 0 Å². The highest BCUT2D eigenvalue weighted by atomic mass is 16.5. The summed E-state index contributed by atoms with van der Waals surface area (Å²) in [6.07, 6.45) is 3.17. The first-order valence-electron chi connectivity index (χ1n) is 5.11. The van der Waals surface area contributed by atoms with Gasteiger partial charge < -0.3 is 9.84 Å². The standard InChI is InChI=1S/C12H12N2O3/c1-9(15)8-17-12-6-13-14(7-12)10-3-2-4-11(16)5-10/h2-7,16H,8H2,1H3. The maximum Gasteiger partial charge on any atom is 0.167 e. The fourth-order valence-corrected chi connectivity index (χ4v) is 1.34. The normalized spacial score (nSPS) is 10.2. The summed E-state index contributed by atoms with van der Waals surface area (Å²) in [5, 5.41) is 13.4. The molecule has 0 unspecified atom stereocenters. The first-order valence-corrected chi connectivity index (χ1v) is 5.11. The molecule has 0 fully saturated rings. The Morgan fingerprint density at radius 3 is 3.06 bits per heavy atom. The quantitative estimate of drug-likeness (QED) is 0.868. The first kappa shape index (κ1) is 11.2.